The Labute approximate surface area is 114 Å². The van der Waals surface area contributed by atoms with Gasteiger partial charge in [0.15, 0.2) is 11.6 Å². The number of nitrogens with zero attached hydrogens (tertiary/aromatic N) is 1. The molecule has 0 radical (unpaired) electrons. The van der Waals surface area contributed by atoms with Gasteiger partial charge in [0.05, 0.1) is 11.1 Å². The molecule has 0 saturated heterocycles. The van der Waals surface area contributed by atoms with Gasteiger partial charge in [-0.2, -0.15) is 0 Å². The van der Waals surface area contributed by atoms with Crippen molar-refractivity contribution in [2.75, 3.05) is 19.7 Å². The van der Waals surface area contributed by atoms with Crippen LogP contribution in [0.1, 0.15) is 34.1 Å². The maximum Gasteiger partial charge on any atom is 0.336 e. The lowest BCUT2D eigenvalue weighted by molar-refractivity contribution is 0.0673. The van der Waals surface area contributed by atoms with Crippen LogP contribution in [-0.2, 0) is 0 Å². The molecule has 1 rings (SSSR count). The van der Waals surface area contributed by atoms with Crippen LogP contribution >= 0.6 is 0 Å². The fraction of sp³-hybridized carbons (Fsp3) is 0.385. The first-order valence-corrected chi connectivity index (χ1v) is 6.04. The minimum atomic E-state index is -1.51. The summed E-state index contributed by atoms with van der Waals surface area (Å²) in [6.07, 6.45) is 0.311. The van der Waals surface area contributed by atoms with Gasteiger partial charge in [-0.1, -0.05) is 0 Å². The topological polar surface area (TPSA) is 77.8 Å². The number of rotatable bonds is 6. The second-order valence-corrected chi connectivity index (χ2v) is 4.08. The molecule has 110 valence electrons. The van der Waals surface area contributed by atoms with E-state index >= 15 is 0 Å². The van der Waals surface area contributed by atoms with Crippen LogP contribution in [0.25, 0.3) is 0 Å². The monoisotopic (exact) mass is 287 g/mol. The van der Waals surface area contributed by atoms with Gasteiger partial charge in [-0.15, -0.1) is 0 Å². The van der Waals surface area contributed by atoms with Crippen molar-refractivity contribution < 1.29 is 28.6 Å². The van der Waals surface area contributed by atoms with Crippen molar-refractivity contribution in [1.29, 1.82) is 0 Å². The number of carbonyl (C=O) groups excluding carboxylic acids is 1. The molecule has 0 atom stereocenters. The van der Waals surface area contributed by atoms with Crippen molar-refractivity contribution in [1.82, 2.24) is 4.90 Å². The first-order chi connectivity index (χ1) is 9.42. The smallest absolute Gasteiger partial charge is 0.336 e. The highest BCUT2D eigenvalue weighted by atomic mass is 19.2. The number of carbonyl (C=O) groups is 2. The van der Waals surface area contributed by atoms with E-state index in [0.717, 1.165) is 0 Å². The summed E-state index contributed by atoms with van der Waals surface area (Å²) in [5.41, 5.74) is -0.993. The van der Waals surface area contributed by atoms with Gasteiger partial charge in [0.2, 0.25) is 0 Å². The molecule has 20 heavy (non-hydrogen) atoms. The summed E-state index contributed by atoms with van der Waals surface area (Å²) >= 11 is 0. The lowest BCUT2D eigenvalue weighted by atomic mass is 10.1. The van der Waals surface area contributed by atoms with E-state index in [4.69, 9.17) is 10.2 Å². The van der Waals surface area contributed by atoms with Gasteiger partial charge in [0.1, 0.15) is 0 Å². The molecule has 0 aliphatic carbocycles. The Morgan fingerprint density at radius 3 is 2.20 bits per heavy atom. The standard InChI is InChI=1S/C13H15F2NO4/c1-2-16(4-3-5-17)12(18)8-6-10(14)11(15)7-9(8)13(19)20/h6-7,17H,2-5H2,1H3,(H,19,20). The Kier molecular flexibility index (Phi) is 5.57. The number of carboxylic acid groups (broad SMARTS) is 1. The lowest BCUT2D eigenvalue weighted by Gasteiger charge is -2.21. The number of hydrogen-bond donors (Lipinski definition) is 2. The van der Waals surface area contributed by atoms with E-state index in [-0.39, 0.29) is 19.7 Å². The number of halogens is 2. The molecule has 1 aromatic rings. The normalized spacial score (nSPS) is 10.4. The second-order valence-electron chi connectivity index (χ2n) is 4.08. The highest BCUT2D eigenvalue weighted by molar-refractivity contribution is 6.04. The zero-order valence-corrected chi connectivity index (χ0v) is 10.9. The van der Waals surface area contributed by atoms with E-state index in [1.165, 1.54) is 4.90 Å². The van der Waals surface area contributed by atoms with Crippen LogP contribution in [0.15, 0.2) is 12.1 Å². The fourth-order valence-corrected chi connectivity index (χ4v) is 1.74. The Morgan fingerprint density at radius 1 is 1.20 bits per heavy atom. The summed E-state index contributed by atoms with van der Waals surface area (Å²) in [5, 5.41) is 17.7. The van der Waals surface area contributed by atoms with Gasteiger partial charge >= 0.3 is 5.97 Å². The quantitative estimate of drug-likeness (QED) is 0.831. The molecule has 0 spiro atoms. The molecule has 0 aliphatic rings. The minimum absolute atomic E-state index is 0.132. The largest absolute Gasteiger partial charge is 0.478 e. The SMILES string of the molecule is CCN(CCCO)C(=O)c1cc(F)c(F)cc1C(=O)O. The molecule has 0 heterocycles. The predicted molar refractivity (Wildman–Crippen MR) is 66.6 cm³/mol. The molecule has 2 N–H and O–H groups in total. The highest BCUT2D eigenvalue weighted by Crippen LogP contribution is 2.17. The van der Waals surface area contributed by atoms with Gasteiger partial charge in [0.25, 0.3) is 5.91 Å². The Hall–Kier alpha value is -2.02. The molecular weight excluding hydrogens is 272 g/mol. The van der Waals surface area contributed by atoms with Crippen molar-refractivity contribution >= 4 is 11.9 Å². The molecular formula is C13H15F2NO4. The van der Waals surface area contributed by atoms with Gasteiger partial charge < -0.3 is 15.1 Å². The van der Waals surface area contributed by atoms with Gasteiger partial charge in [-0.3, -0.25) is 4.79 Å². The maximum absolute atomic E-state index is 13.2. The lowest BCUT2D eigenvalue weighted by Crippen LogP contribution is -2.33. The van der Waals surface area contributed by atoms with Crippen LogP contribution in [0.2, 0.25) is 0 Å². The predicted octanol–water partition coefficient (Wildman–Crippen LogP) is 1.51. The molecule has 0 aliphatic heterocycles. The molecule has 0 fully saturated rings. The first-order valence-electron chi connectivity index (χ1n) is 6.04. The van der Waals surface area contributed by atoms with Crippen molar-refractivity contribution in [3.63, 3.8) is 0 Å². The van der Waals surface area contributed by atoms with Crippen LogP contribution in [0.4, 0.5) is 8.78 Å². The summed E-state index contributed by atoms with van der Waals surface area (Å²) in [7, 11) is 0. The Morgan fingerprint density at radius 2 is 1.75 bits per heavy atom. The highest BCUT2D eigenvalue weighted by Gasteiger charge is 2.23. The summed E-state index contributed by atoms with van der Waals surface area (Å²) < 4.78 is 26.3. The Bertz CT molecular complexity index is 519. The van der Waals surface area contributed by atoms with Crippen LogP contribution in [-0.4, -0.2) is 46.7 Å². The van der Waals surface area contributed by atoms with E-state index in [2.05, 4.69) is 0 Å². The van der Waals surface area contributed by atoms with Gasteiger partial charge in [-0.25, -0.2) is 13.6 Å². The zero-order chi connectivity index (χ0) is 15.3. The van der Waals surface area contributed by atoms with Crippen LogP contribution in [0.3, 0.4) is 0 Å². The molecule has 1 aromatic carbocycles. The third-order valence-electron chi connectivity index (χ3n) is 2.78. The van der Waals surface area contributed by atoms with Gasteiger partial charge in [-0.05, 0) is 25.5 Å². The number of carboxylic acids is 1. The minimum Gasteiger partial charge on any atom is -0.478 e. The van der Waals surface area contributed by atoms with E-state index in [9.17, 15) is 18.4 Å². The Balaban J connectivity index is 3.19. The fourth-order valence-electron chi connectivity index (χ4n) is 1.74. The summed E-state index contributed by atoms with van der Waals surface area (Å²) in [6.45, 7) is 1.99. The molecule has 0 aromatic heterocycles. The number of amides is 1. The molecule has 5 nitrogen and oxygen atoms in total. The average Bonchev–Trinajstić information content (AvgIpc) is 2.41. The zero-order valence-electron chi connectivity index (χ0n) is 10.9. The van der Waals surface area contributed by atoms with Crippen molar-refractivity contribution in [2.24, 2.45) is 0 Å². The molecule has 7 heteroatoms. The summed E-state index contributed by atoms with van der Waals surface area (Å²) in [4.78, 5) is 24.4. The number of benzene rings is 1. The molecule has 0 bridgehead atoms. The van der Waals surface area contributed by atoms with E-state index in [1.807, 2.05) is 0 Å². The summed E-state index contributed by atoms with van der Waals surface area (Å²) in [6, 6.07) is 1.08. The second kappa shape index (κ2) is 6.95. The van der Waals surface area contributed by atoms with Crippen molar-refractivity contribution in [2.45, 2.75) is 13.3 Å². The van der Waals surface area contributed by atoms with E-state index < -0.39 is 34.6 Å². The van der Waals surface area contributed by atoms with Crippen LogP contribution in [0, 0.1) is 11.6 Å². The molecule has 0 saturated carbocycles. The van der Waals surface area contributed by atoms with Crippen molar-refractivity contribution in [3.8, 4) is 0 Å². The van der Waals surface area contributed by atoms with E-state index in [1.54, 1.807) is 6.92 Å². The third-order valence-corrected chi connectivity index (χ3v) is 2.78. The van der Waals surface area contributed by atoms with Crippen LogP contribution in [0.5, 0.6) is 0 Å². The van der Waals surface area contributed by atoms with Crippen LogP contribution < -0.4 is 0 Å². The number of aromatic carboxylic acids is 1. The number of hydrogen-bond acceptors (Lipinski definition) is 3. The maximum atomic E-state index is 13.2. The molecule has 1 amide bonds. The van der Waals surface area contributed by atoms with E-state index in [0.29, 0.717) is 18.6 Å². The average molecular weight is 287 g/mol. The van der Waals surface area contributed by atoms with Crippen molar-refractivity contribution in [3.05, 3.63) is 34.9 Å². The number of aliphatic hydroxyl groups excluding tert-OH is 1. The van der Waals surface area contributed by atoms with Gasteiger partial charge in [0, 0.05) is 19.7 Å². The first kappa shape index (κ1) is 16.0. The third kappa shape index (κ3) is 3.51. The number of aliphatic hydroxyl groups is 1. The molecule has 0 unspecified atom stereocenters. The summed E-state index contributed by atoms with van der Waals surface area (Å²) in [5.74, 6) is -4.82.